The van der Waals surface area contributed by atoms with Crippen LogP contribution in [0, 0.1) is 5.82 Å². The Kier molecular flexibility index (Phi) is 4.60. The summed E-state index contributed by atoms with van der Waals surface area (Å²) >= 11 is 0. The molecule has 3 rings (SSSR count). The van der Waals surface area contributed by atoms with Crippen molar-refractivity contribution in [2.45, 2.75) is 19.4 Å². The zero-order chi connectivity index (χ0) is 18.0. The maximum absolute atomic E-state index is 13.1. The molecule has 8 heteroatoms. The molecule has 25 heavy (non-hydrogen) atoms. The van der Waals surface area contributed by atoms with E-state index < -0.39 is 23.3 Å². The van der Waals surface area contributed by atoms with Crippen molar-refractivity contribution in [1.29, 1.82) is 0 Å². The highest BCUT2D eigenvalue weighted by atomic mass is 19.1. The minimum Gasteiger partial charge on any atom is -0.354 e. The number of carbonyl (C=O) groups is 2. The second kappa shape index (κ2) is 6.84. The molecule has 2 heterocycles. The first-order valence-electron chi connectivity index (χ1n) is 7.92. The number of hydrogen-bond acceptors (Lipinski definition) is 4. The molecule has 1 aliphatic rings. The van der Waals surface area contributed by atoms with Gasteiger partial charge in [-0.3, -0.25) is 14.4 Å². The predicted molar refractivity (Wildman–Crippen MR) is 87.9 cm³/mol. The molecule has 7 nitrogen and oxygen atoms in total. The molecule has 0 unspecified atom stereocenters. The van der Waals surface area contributed by atoms with Crippen LogP contribution in [0.3, 0.4) is 0 Å². The van der Waals surface area contributed by atoms with Crippen LogP contribution in [0.1, 0.15) is 23.8 Å². The summed E-state index contributed by atoms with van der Waals surface area (Å²) in [7, 11) is 0. The van der Waals surface area contributed by atoms with Gasteiger partial charge in [-0.25, -0.2) is 4.39 Å². The quantitative estimate of drug-likeness (QED) is 0.870. The number of carbonyl (C=O) groups excluding carboxylic acids is 2. The van der Waals surface area contributed by atoms with Crippen LogP contribution in [0.25, 0.3) is 5.69 Å². The van der Waals surface area contributed by atoms with E-state index in [2.05, 4.69) is 10.4 Å². The maximum atomic E-state index is 13.1. The van der Waals surface area contributed by atoms with Crippen molar-refractivity contribution in [3.05, 3.63) is 58.3 Å². The van der Waals surface area contributed by atoms with E-state index in [4.69, 9.17) is 0 Å². The summed E-state index contributed by atoms with van der Waals surface area (Å²) in [5.41, 5.74) is -0.0435. The number of nitrogens with zero attached hydrogens (tertiary/aromatic N) is 3. The smallest absolute Gasteiger partial charge is 0.274 e. The lowest BCUT2D eigenvalue weighted by atomic mass is 10.2. The zero-order valence-corrected chi connectivity index (χ0v) is 13.6. The van der Waals surface area contributed by atoms with Gasteiger partial charge in [0.15, 0.2) is 0 Å². The van der Waals surface area contributed by atoms with Crippen LogP contribution >= 0.6 is 0 Å². The van der Waals surface area contributed by atoms with Crippen molar-refractivity contribution in [3.8, 4) is 5.69 Å². The van der Waals surface area contributed by atoms with Crippen LogP contribution in [-0.2, 0) is 4.79 Å². The van der Waals surface area contributed by atoms with E-state index in [9.17, 15) is 18.8 Å². The van der Waals surface area contributed by atoms with E-state index in [0.29, 0.717) is 25.2 Å². The first-order chi connectivity index (χ1) is 12.0. The van der Waals surface area contributed by atoms with Gasteiger partial charge in [0.1, 0.15) is 17.6 Å². The third-order valence-corrected chi connectivity index (χ3v) is 4.07. The van der Waals surface area contributed by atoms with Gasteiger partial charge in [0.05, 0.1) is 5.69 Å². The third kappa shape index (κ3) is 3.42. The van der Waals surface area contributed by atoms with E-state index in [1.54, 1.807) is 6.92 Å². The largest absolute Gasteiger partial charge is 0.354 e. The number of aromatic nitrogens is 2. The summed E-state index contributed by atoms with van der Waals surface area (Å²) in [5.74, 6) is -1.09. The van der Waals surface area contributed by atoms with E-state index in [0.717, 1.165) is 4.68 Å². The van der Waals surface area contributed by atoms with Crippen molar-refractivity contribution >= 4 is 11.8 Å². The summed E-state index contributed by atoms with van der Waals surface area (Å²) in [5, 5.41) is 6.83. The Balaban J connectivity index is 1.96. The SMILES string of the molecule is C[C@@H]1C(=O)NCCCN1C(=O)c1ccc(=O)n(-c2ccc(F)cc2)n1. The highest BCUT2D eigenvalue weighted by Gasteiger charge is 2.29. The Bertz CT molecular complexity index is 863. The maximum Gasteiger partial charge on any atom is 0.274 e. The van der Waals surface area contributed by atoms with Crippen molar-refractivity contribution in [3.63, 3.8) is 0 Å². The van der Waals surface area contributed by atoms with Crippen LogP contribution in [0.2, 0.25) is 0 Å². The Labute approximate surface area is 143 Å². The van der Waals surface area contributed by atoms with Gasteiger partial charge in [-0.05, 0) is 43.7 Å². The molecular formula is C17H17FN4O3. The van der Waals surface area contributed by atoms with Crippen LogP contribution in [0.5, 0.6) is 0 Å². The van der Waals surface area contributed by atoms with E-state index >= 15 is 0 Å². The van der Waals surface area contributed by atoms with Crippen LogP contribution in [0.4, 0.5) is 4.39 Å². The molecule has 2 amide bonds. The molecule has 2 aromatic rings. The lowest BCUT2D eigenvalue weighted by molar-refractivity contribution is -0.124. The fraction of sp³-hybridized carbons (Fsp3) is 0.294. The topological polar surface area (TPSA) is 84.3 Å². The second-order valence-electron chi connectivity index (χ2n) is 5.76. The second-order valence-corrected chi connectivity index (χ2v) is 5.76. The molecule has 1 saturated heterocycles. The molecule has 1 fully saturated rings. The van der Waals surface area contributed by atoms with Crippen LogP contribution in [-0.4, -0.2) is 45.6 Å². The molecule has 0 radical (unpaired) electrons. The van der Waals surface area contributed by atoms with Gasteiger partial charge < -0.3 is 10.2 Å². The monoisotopic (exact) mass is 344 g/mol. The molecule has 1 aromatic heterocycles. The van der Waals surface area contributed by atoms with Gasteiger partial charge in [-0.1, -0.05) is 0 Å². The number of hydrogen-bond donors (Lipinski definition) is 1. The third-order valence-electron chi connectivity index (χ3n) is 4.07. The van der Waals surface area contributed by atoms with E-state index in [1.807, 2.05) is 0 Å². The van der Waals surface area contributed by atoms with Gasteiger partial charge in [0.25, 0.3) is 11.5 Å². The lowest BCUT2D eigenvalue weighted by Gasteiger charge is -2.25. The average molecular weight is 344 g/mol. The molecule has 1 atom stereocenters. The fourth-order valence-corrected chi connectivity index (χ4v) is 2.66. The summed E-state index contributed by atoms with van der Waals surface area (Å²) in [4.78, 5) is 38.2. The Morgan fingerprint density at radius 3 is 2.64 bits per heavy atom. The minimum atomic E-state index is -0.622. The summed E-state index contributed by atoms with van der Waals surface area (Å²) in [6, 6.07) is 7.16. The number of halogens is 1. The Hall–Kier alpha value is -3.03. The van der Waals surface area contributed by atoms with Crippen LogP contribution < -0.4 is 10.9 Å². The molecule has 1 aromatic carbocycles. The molecule has 0 bridgehead atoms. The molecule has 0 spiro atoms. The van der Waals surface area contributed by atoms with Crippen LogP contribution in [0.15, 0.2) is 41.2 Å². The van der Waals surface area contributed by atoms with Gasteiger partial charge in [0, 0.05) is 19.2 Å². The van der Waals surface area contributed by atoms with Gasteiger partial charge >= 0.3 is 0 Å². The first-order valence-corrected chi connectivity index (χ1v) is 7.92. The van der Waals surface area contributed by atoms with Gasteiger partial charge in [0.2, 0.25) is 5.91 Å². The highest BCUT2D eigenvalue weighted by molar-refractivity contribution is 5.96. The summed E-state index contributed by atoms with van der Waals surface area (Å²) < 4.78 is 14.1. The van der Waals surface area contributed by atoms with Crippen molar-refractivity contribution in [2.75, 3.05) is 13.1 Å². The number of rotatable bonds is 2. The highest BCUT2D eigenvalue weighted by Crippen LogP contribution is 2.11. The first kappa shape index (κ1) is 16.8. The Morgan fingerprint density at radius 2 is 1.92 bits per heavy atom. The van der Waals surface area contributed by atoms with Crippen molar-refractivity contribution in [2.24, 2.45) is 0 Å². The summed E-state index contributed by atoms with van der Waals surface area (Å²) in [6.45, 7) is 2.57. The van der Waals surface area contributed by atoms with Gasteiger partial charge in [-0.15, -0.1) is 0 Å². The van der Waals surface area contributed by atoms with E-state index in [1.165, 1.54) is 41.3 Å². The normalized spacial score (nSPS) is 17.8. The average Bonchev–Trinajstić information content (AvgIpc) is 2.77. The molecule has 1 N–H and O–H groups in total. The molecule has 1 aliphatic heterocycles. The molecule has 0 saturated carbocycles. The van der Waals surface area contributed by atoms with Crippen molar-refractivity contribution in [1.82, 2.24) is 20.0 Å². The number of benzene rings is 1. The standard InChI is InChI=1S/C17H17FN4O3/c1-11-16(24)19-9-2-10-21(11)17(25)14-7-8-15(23)22(20-14)13-5-3-12(18)4-6-13/h3-8,11H,2,9-10H2,1H3,(H,19,24)/t11-/m1/s1. The van der Waals surface area contributed by atoms with Gasteiger partial charge in [-0.2, -0.15) is 9.78 Å². The van der Waals surface area contributed by atoms with Crippen molar-refractivity contribution < 1.29 is 14.0 Å². The molecule has 0 aliphatic carbocycles. The Morgan fingerprint density at radius 1 is 1.20 bits per heavy atom. The zero-order valence-electron chi connectivity index (χ0n) is 13.6. The minimum absolute atomic E-state index is 0.0467. The molecule has 130 valence electrons. The predicted octanol–water partition coefficient (Wildman–Crippen LogP) is 0.722. The number of nitrogens with one attached hydrogen (secondary N) is 1. The molecular weight excluding hydrogens is 327 g/mol. The lowest BCUT2D eigenvalue weighted by Crippen LogP contribution is -2.45. The summed E-state index contributed by atoms with van der Waals surface area (Å²) in [6.07, 6.45) is 0.638. The fourth-order valence-electron chi connectivity index (χ4n) is 2.66. The number of amides is 2. The van der Waals surface area contributed by atoms with E-state index in [-0.39, 0.29) is 11.6 Å².